The monoisotopic (exact) mass is 259 g/mol. The summed E-state index contributed by atoms with van der Waals surface area (Å²) in [5, 5.41) is 3.16. The van der Waals surface area contributed by atoms with Crippen LogP contribution < -0.4 is 5.32 Å². The van der Waals surface area contributed by atoms with Gasteiger partial charge in [-0.15, -0.1) is 0 Å². The lowest BCUT2D eigenvalue weighted by Crippen LogP contribution is -2.19. The van der Waals surface area contributed by atoms with Crippen LogP contribution in [0.15, 0.2) is 36.4 Å². The van der Waals surface area contributed by atoms with Gasteiger partial charge >= 0.3 is 0 Å². The van der Waals surface area contributed by atoms with Gasteiger partial charge in [-0.25, -0.2) is 0 Å². The predicted molar refractivity (Wildman–Crippen MR) is 79.9 cm³/mol. The predicted octanol–water partition coefficient (Wildman–Crippen LogP) is 3.52. The standard InChI is InChI=1S/C17H25NO/c1-14-5-3-4-6-17(14)13-19-12-16-9-7-15(8-10-16)11-18-2/h3-4,7-10,14,17-18H,5-6,11-13H2,1-2H3. The molecule has 0 spiro atoms. The van der Waals surface area contributed by atoms with Crippen LogP contribution in [0.3, 0.4) is 0 Å². The minimum Gasteiger partial charge on any atom is -0.376 e. The number of allylic oxidation sites excluding steroid dienone is 2. The molecule has 1 aliphatic carbocycles. The summed E-state index contributed by atoms with van der Waals surface area (Å²) in [5.74, 6) is 1.44. The number of ether oxygens (including phenoxy) is 1. The second-order valence-corrected chi connectivity index (χ2v) is 5.54. The Hall–Kier alpha value is -1.12. The highest BCUT2D eigenvalue weighted by Crippen LogP contribution is 2.25. The smallest absolute Gasteiger partial charge is 0.0717 e. The van der Waals surface area contributed by atoms with Gasteiger partial charge in [-0.3, -0.25) is 0 Å². The van der Waals surface area contributed by atoms with E-state index in [1.807, 2.05) is 7.05 Å². The zero-order valence-electron chi connectivity index (χ0n) is 12.1. The second kappa shape index (κ2) is 7.46. The Bertz CT molecular complexity index is 396. The first kappa shape index (κ1) is 14.3. The number of nitrogens with one attached hydrogen (secondary N) is 1. The molecule has 19 heavy (non-hydrogen) atoms. The van der Waals surface area contributed by atoms with Gasteiger partial charge in [-0.1, -0.05) is 43.3 Å². The molecule has 2 rings (SSSR count). The number of hydrogen-bond acceptors (Lipinski definition) is 2. The topological polar surface area (TPSA) is 21.3 Å². The van der Waals surface area contributed by atoms with E-state index in [4.69, 9.17) is 4.74 Å². The van der Waals surface area contributed by atoms with Gasteiger partial charge in [-0.05, 0) is 42.9 Å². The summed E-state index contributed by atoms with van der Waals surface area (Å²) in [6, 6.07) is 8.66. The molecule has 1 aromatic carbocycles. The summed E-state index contributed by atoms with van der Waals surface area (Å²) < 4.78 is 5.88. The van der Waals surface area contributed by atoms with Gasteiger partial charge in [0.1, 0.15) is 0 Å². The van der Waals surface area contributed by atoms with Crippen molar-refractivity contribution in [2.24, 2.45) is 11.8 Å². The van der Waals surface area contributed by atoms with E-state index >= 15 is 0 Å². The van der Waals surface area contributed by atoms with Crippen molar-refractivity contribution in [3.63, 3.8) is 0 Å². The fourth-order valence-corrected chi connectivity index (χ4v) is 2.52. The molecule has 1 aliphatic rings. The molecule has 0 bridgehead atoms. The van der Waals surface area contributed by atoms with Crippen LogP contribution in [0.4, 0.5) is 0 Å². The van der Waals surface area contributed by atoms with Crippen LogP contribution in [0.1, 0.15) is 30.9 Å². The molecular formula is C17H25NO. The molecule has 1 aromatic rings. The Morgan fingerprint density at radius 3 is 2.47 bits per heavy atom. The Labute approximate surface area is 116 Å². The molecule has 0 aliphatic heterocycles. The molecular weight excluding hydrogens is 234 g/mol. The molecule has 2 unspecified atom stereocenters. The molecule has 2 atom stereocenters. The van der Waals surface area contributed by atoms with Crippen LogP contribution in [0, 0.1) is 11.8 Å². The van der Waals surface area contributed by atoms with Crippen molar-refractivity contribution in [1.82, 2.24) is 5.32 Å². The van der Waals surface area contributed by atoms with E-state index in [2.05, 4.69) is 48.7 Å². The van der Waals surface area contributed by atoms with Gasteiger partial charge in [0.25, 0.3) is 0 Å². The molecule has 0 aromatic heterocycles. The van der Waals surface area contributed by atoms with Gasteiger partial charge in [0.2, 0.25) is 0 Å². The first-order valence-electron chi connectivity index (χ1n) is 7.24. The van der Waals surface area contributed by atoms with Crippen molar-refractivity contribution in [2.75, 3.05) is 13.7 Å². The number of benzene rings is 1. The van der Waals surface area contributed by atoms with Crippen LogP contribution >= 0.6 is 0 Å². The Morgan fingerprint density at radius 1 is 1.11 bits per heavy atom. The normalized spacial score (nSPS) is 22.6. The molecule has 0 amide bonds. The third-order valence-corrected chi connectivity index (χ3v) is 3.92. The fourth-order valence-electron chi connectivity index (χ4n) is 2.52. The number of hydrogen-bond donors (Lipinski definition) is 1. The lowest BCUT2D eigenvalue weighted by molar-refractivity contribution is 0.0680. The lowest BCUT2D eigenvalue weighted by atomic mass is 9.85. The first-order valence-corrected chi connectivity index (χ1v) is 7.24. The van der Waals surface area contributed by atoms with Crippen molar-refractivity contribution in [1.29, 1.82) is 0 Å². The SMILES string of the molecule is CNCc1ccc(COCC2CC=CCC2C)cc1. The molecule has 0 saturated heterocycles. The molecule has 2 nitrogen and oxygen atoms in total. The fraction of sp³-hybridized carbons (Fsp3) is 0.529. The van der Waals surface area contributed by atoms with Gasteiger partial charge in [0.15, 0.2) is 0 Å². The molecule has 0 fully saturated rings. The van der Waals surface area contributed by atoms with Crippen LogP contribution in [-0.4, -0.2) is 13.7 Å². The maximum Gasteiger partial charge on any atom is 0.0717 e. The van der Waals surface area contributed by atoms with Crippen LogP contribution in [-0.2, 0) is 17.9 Å². The van der Waals surface area contributed by atoms with Crippen molar-refractivity contribution < 1.29 is 4.74 Å². The average Bonchev–Trinajstić information content (AvgIpc) is 2.43. The van der Waals surface area contributed by atoms with E-state index in [1.54, 1.807) is 0 Å². The third kappa shape index (κ3) is 4.48. The maximum atomic E-state index is 5.88. The minimum atomic E-state index is 0.688. The van der Waals surface area contributed by atoms with E-state index in [0.717, 1.165) is 25.7 Å². The van der Waals surface area contributed by atoms with E-state index in [9.17, 15) is 0 Å². The second-order valence-electron chi connectivity index (χ2n) is 5.54. The van der Waals surface area contributed by atoms with Gasteiger partial charge in [0.05, 0.1) is 13.2 Å². The number of rotatable bonds is 6. The molecule has 0 saturated carbocycles. The van der Waals surface area contributed by atoms with Crippen molar-refractivity contribution in [2.45, 2.75) is 32.9 Å². The summed E-state index contributed by atoms with van der Waals surface area (Å²) in [4.78, 5) is 0. The molecule has 2 heteroatoms. The van der Waals surface area contributed by atoms with Crippen molar-refractivity contribution in [3.8, 4) is 0 Å². The van der Waals surface area contributed by atoms with E-state index in [1.165, 1.54) is 24.0 Å². The highest BCUT2D eigenvalue weighted by molar-refractivity contribution is 5.21. The van der Waals surface area contributed by atoms with Gasteiger partial charge < -0.3 is 10.1 Å². The molecule has 104 valence electrons. The summed E-state index contributed by atoms with van der Waals surface area (Å²) in [5.41, 5.74) is 2.58. The van der Waals surface area contributed by atoms with Crippen molar-refractivity contribution >= 4 is 0 Å². The quantitative estimate of drug-likeness (QED) is 0.789. The van der Waals surface area contributed by atoms with E-state index < -0.39 is 0 Å². The van der Waals surface area contributed by atoms with E-state index in [-0.39, 0.29) is 0 Å². The summed E-state index contributed by atoms with van der Waals surface area (Å²) in [7, 11) is 1.97. The van der Waals surface area contributed by atoms with Gasteiger partial charge in [0, 0.05) is 6.54 Å². The first-order chi connectivity index (χ1) is 9.29. The van der Waals surface area contributed by atoms with Gasteiger partial charge in [-0.2, -0.15) is 0 Å². The molecule has 1 N–H and O–H groups in total. The van der Waals surface area contributed by atoms with Crippen molar-refractivity contribution in [3.05, 3.63) is 47.5 Å². The largest absolute Gasteiger partial charge is 0.376 e. The highest BCUT2D eigenvalue weighted by Gasteiger charge is 2.18. The summed E-state index contributed by atoms with van der Waals surface area (Å²) >= 11 is 0. The average molecular weight is 259 g/mol. The Kier molecular flexibility index (Phi) is 5.62. The van der Waals surface area contributed by atoms with Crippen LogP contribution in [0.2, 0.25) is 0 Å². The highest BCUT2D eigenvalue weighted by atomic mass is 16.5. The Morgan fingerprint density at radius 2 is 1.79 bits per heavy atom. The maximum absolute atomic E-state index is 5.88. The summed E-state index contributed by atoms with van der Waals surface area (Å²) in [6.07, 6.45) is 6.96. The minimum absolute atomic E-state index is 0.688. The van der Waals surface area contributed by atoms with Crippen LogP contribution in [0.25, 0.3) is 0 Å². The molecule has 0 heterocycles. The molecule has 0 radical (unpaired) electrons. The Balaban J connectivity index is 1.74. The van der Waals surface area contributed by atoms with E-state index in [0.29, 0.717) is 5.92 Å². The lowest BCUT2D eigenvalue weighted by Gasteiger charge is -2.24. The third-order valence-electron chi connectivity index (χ3n) is 3.92. The zero-order chi connectivity index (χ0) is 13.5. The summed E-state index contributed by atoms with van der Waals surface area (Å²) in [6.45, 7) is 4.85. The van der Waals surface area contributed by atoms with Crippen LogP contribution in [0.5, 0.6) is 0 Å². The zero-order valence-corrected chi connectivity index (χ0v) is 12.1.